The largest absolute Gasteiger partial charge is 0.330 e. The van der Waals surface area contributed by atoms with Crippen molar-refractivity contribution in [3.8, 4) is 0 Å². The van der Waals surface area contributed by atoms with Crippen molar-refractivity contribution in [1.29, 1.82) is 0 Å². The molecule has 2 atom stereocenters. The highest BCUT2D eigenvalue weighted by Crippen LogP contribution is 2.52. The number of hydrazine groups is 1. The van der Waals surface area contributed by atoms with Crippen molar-refractivity contribution in [2.75, 3.05) is 44.2 Å². The first kappa shape index (κ1) is 45.1. The van der Waals surface area contributed by atoms with Gasteiger partial charge in [-0.3, -0.25) is 24.8 Å². The summed E-state index contributed by atoms with van der Waals surface area (Å²) in [6.07, 6.45) is 1.98. The number of hydrogen-bond acceptors (Lipinski definition) is 10. The molecule has 0 spiro atoms. The van der Waals surface area contributed by atoms with Crippen LogP contribution in [0.2, 0.25) is 0 Å². The van der Waals surface area contributed by atoms with E-state index in [2.05, 4.69) is 42.5 Å². The second-order valence-corrected chi connectivity index (χ2v) is 15.8. The fraction of sp³-hybridized carbons (Fsp3) is 0.588. The Hall–Kier alpha value is -1.87. The molecule has 47 heavy (non-hydrogen) atoms. The van der Waals surface area contributed by atoms with Gasteiger partial charge in [-0.1, -0.05) is 49.2 Å². The number of nitrogens with one attached hydrogen (secondary N) is 1. The van der Waals surface area contributed by atoms with Crippen LogP contribution in [0, 0.1) is 19.8 Å². The van der Waals surface area contributed by atoms with Crippen LogP contribution in [0.25, 0.3) is 0 Å². The minimum atomic E-state index is -3.02. The zero-order valence-corrected chi connectivity index (χ0v) is 32.6. The number of ketones is 1. The molecule has 0 radical (unpaired) electrons. The zero-order chi connectivity index (χ0) is 35.0. The first-order valence-electron chi connectivity index (χ1n) is 16.1. The molecule has 13 heteroatoms. The molecule has 3 N–H and O–H groups in total. The highest BCUT2D eigenvalue weighted by molar-refractivity contribution is 7.54. The summed E-state index contributed by atoms with van der Waals surface area (Å²) in [6, 6.07) is 14.2. The van der Waals surface area contributed by atoms with E-state index in [-0.39, 0.29) is 29.5 Å². The Kier molecular flexibility index (Phi) is 21.1. The third kappa shape index (κ3) is 15.1. The number of nitrogens with two attached hydrogens (primary N) is 1. The average molecular weight is 718 g/mol. The van der Waals surface area contributed by atoms with Gasteiger partial charge in [-0.2, -0.15) is 0 Å². The van der Waals surface area contributed by atoms with Crippen molar-refractivity contribution in [2.24, 2.45) is 16.8 Å². The van der Waals surface area contributed by atoms with E-state index in [0.717, 1.165) is 17.1 Å². The van der Waals surface area contributed by atoms with E-state index < -0.39 is 15.2 Å². The summed E-state index contributed by atoms with van der Waals surface area (Å²) >= 11 is 0. The van der Waals surface area contributed by atoms with Crippen LogP contribution in [0.4, 0.5) is 11.4 Å². The third-order valence-corrected chi connectivity index (χ3v) is 12.0. The van der Waals surface area contributed by atoms with Gasteiger partial charge in [-0.15, -0.1) is 12.4 Å². The molecule has 0 saturated heterocycles. The lowest BCUT2D eigenvalue weighted by atomic mass is 9.77. The van der Waals surface area contributed by atoms with E-state index in [1.807, 2.05) is 58.9 Å². The summed E-state index contributed by atoms with van der Waals surface area (Å²) in [5, 5.41) is 0. The number of nitrogens with zero attached hydrogens (tertiary/aromatic N) is 1. The Balaban J connectivity index is 0.000000733. The first-order chi connectivity index (χ1) is 21.6. The smallest absolute Gasteiger partial charge is 0.324 e. The number of anilines is 1. The molecule has 10 nitrogen and oxygen atoms in total. The highest BCUT2D eigenvalue weighted by atomic mass is 35.5. The summed E-state index contributed by atoms with van der Waals surface area (Å²) in [4.78, 5) is 15.7. The molecule has 0 amide bonds. The van der Waals surface area contributed by atoms with Gasteiger partial charge in [0.1, 0.15) is 5.78 Å². The van der Waals surface area contributed by atoms with Crippen molar-refractivity contribution >= 4 is 50.5 Å². The number of halogens is 1. The molecule has 0 aliphatic carbocycles. The Labute approximate surface area is 289 Å². The van der Waals surface area contributed by atoms with Gasteiger partial charge in [0.25, 0.3) is 0 Å². The van der Waals surface area contributed by atoms with E-state index in [9.17, 15) is 13.9 Å². The summed E-state index contributed by atoms with van der Waals surface area (Å²) in [5.74, 6) is 5.17. The molecule has 1 aliphatic rings. The normalized spacial score (nSPS) is 15.9. The number of rotatable bonds is 16. The third-order valence-electron chi connectivity index (χ3n) is 7.77. The maximum Gasteiger partial charge on any atom is 0.330 e. The van der Waals surface area contributed by atoms with Gasteiger partial charge in [-0.05, 0) is 92.0 Å². The maximum absolute atomic E-state index is 12.7. The zero-order valence-electron chi connectivity index (χ0n) is 30.0. The minimum Gasteiger partial charge on any atom is -0.324 e. The van der Waals surface area contributed by atoms with Crippen LogP contribution in [0.15, 0.2) is 47.5 Å². The van der Waals surface area contributed by atoms with Crippen LogP contribution in [-0.4, -0.2) is 50.2 Å². The number of aryl methyl sites for hydroxylation is 2. The molecule has 268 valence electrons. The van der Waals surface area contributed by atoms with Crippen LogP contribution in [0.1, 0.15) is 84.9 Å². The molecule has 3 rings (SSSR count). The summed E-state index contributed by atoms with van der Waals surface area (Å²) in [7, 11) is -5.98. The van der Waals surface area contributed by atoms with E-state index in [0.29, 0.717) is 51.6 Å². The van der Waals surface area contributed by atoms with Crippen LogP contribution in [0.5, 0.6) is 0 Å². The lowest BCUT2D eigenvalue weighted by molar-refractivity contribution is -0.120. The second kappa shape index (κ2) is 22.0. The number of carbonyl (C=O) groups is 1. The monoisotopic (exact) mass is 717 g/mol. The quantitative estimate of drug-likeness (QED) is 0.0987. The Morgan fingerprint density at radius 3 is 1.77 bits per heavy atom. The SMILES string of the molecule is CCOP(=O)(CCC(C)C(C)=O)OCC.CCOP(=O)(CCC1(C)C(C)=Nc2ccc(C)cc21)OCC.Cc1ccc(NN)cc1.Cl. The van der Waals surface area contributed by atoms with Gasteiger partial charge < -0.3 is 23.5 Å². The van der Waals surface area contributed by atoms with E-state index in [1.54, 1.807) is 13.8 Å². The number of aliphatic imine (C=N–C) groups is 1. The summed E-state index contributed by atoms with van der Waals surface area (Å²) in [6.45, 7) is 20.5. The number of benzene rings is 2. The molecule has 1 aliphatic heterocycles. The van der Waals surface area contributed by atoms with Gasteiger partial charge in [0, 0.05) is 22.7 Å². The van der Waals surface area contributed by atoms with Gasteiger partial charge in [-0.25, -0.2) is 0 Å². The molecule has 0 bridgehead atoms. The molecule has 0 saturated carbocycles. The molecule has 2 aromatic carbocycles. The first-order valence-corrected chi connectivity index (χ1v) is 19.5. The van der Waals surface area contributed by atoms with Crippen LogP contribution >= 0.6 is 27.6 Å². The van der Waals surface area contributed by atoms with Crippen LogP contribution < -0.4 is 11.3 Å². The summed E-state index contributed by atoms with van der Waals surface area (Å²) in [5.41, 5.74) is 9.05. The molecular formula is C34H58ClN3O7P2. The molecule has 0 aromatic heterocycles. The highest BCUT2D eigenvalue weighted by Gasteiger charge is 2.39. The fourth-order valence-electron chi connectivity index (χ4n) is 4.69. The maximum atomic E-state index is 12.7. The standard InChI is InChI=1S/C17H26NO3P.C10H21O4P.C7H10N2.ClH/c1-6-20-22(19,21-7-2)11-10-17(5)14(4)18-16-9-8-13(3)12-15(16)17;1-5-13-15(12,14-6-2)8-7-9(3)10(4)11;1-6-2-4-7(9-8)5-3-6;/h8-9,12H,6-7,10-11H2,1-5H3;9H,5-8H2,1-4H3;2-5,9H,8H2,1H3;1H. The summed E-state index contributed by atoms with van der Waals surface area (Å²) < 4.78 is 45.8. The Morgan fingerprint density at radius 2 is 1.32 bits per heavy atom. The predicted molar refractivity (Wildman–Crippen MR) is 198 cm³/mol. The minimum absolute atomic E-state index is 0. The van der Waals surface area contributed by atoms with E-state index in [1.165, 1.54) is 23.6 Å². The van der Waals surface area contributed by atoms with Crippen LogP contribution in [-0.2, 0) is 37.4 Å². The fourth-order valence-corrected chi connectivity index (χ4v) is 8.35. The number of carbonyl (C=O) groups excluding carboxylic acids is 1. The molecule has 0 fully saturated rings. The number of fused-ring (bicyclic) bond motifs is 1. The van der Waals surface area contributed by atoms with Gasteiger partial charge >= 0.3 is 15.2 Å². The molecular weight excluding hydrogens is 660 g/mol. The molecule has 1 heterocycles. The number of nitrogen functional groups attached to an aromatic ring is 1. The average Bonchev–Trinajstić information content (AvgIpc) is 3.25. The predicted octanol–water partition coefficient (Wildman–Crippen LogP) is 9.59. The van der Waals surface area contributed by atoms with Crippen molar-refractivity contribution in [1.82, 2.24) is 0 Å². The lowest BCUT2D eigenvalue weighted by Gasteiger charge is -2.28. The van der Waals surface area contributed by atoms with Crippen molar-refractivity contribution in [3.05, 3.63) is 59.2 Å². The van der Waals surface area contributed by atoms with Crippen molar-refractivity contribution < 1.29 is 32.0 Å². The van der Waals surface area contributed by atoms with E-state index in [4.69, 9.17) is 23.9 Å². The Morgan fingerprint density at radius 1 is 0.851 bits per heavy atom. The van der Waals surface area contributed by atoms with Crippen molar-refractivity contribution in [3.63, 3.8) is 0 Å². The lowest BCUT2D eigenvalue weighted by Crippen LogP contribution is -2.29. The van der Waals surface area contributed by atoms with Gasteiger partial charge in [0.05, 0.1) is 44.4 Å². The molecule has 2 aromatic rings. The molecule has 2 unspecified atom stereocenters. The van der Waals surface area contributed by atoms with Crippen molar-refractivity contribution in [2.45, 2.75) is 87.5 Å². The topological polar surface area (TPSA) is 139 Å². The Bertz CT molecular complexity index is 1340. The number of Topliss-reactive ketones (excluding diaryl/α,β-unsaturated/α-hetero) is 1. The van der Waals surface area contributed by atoms with Crippen LogP contribution in [0.3, 0.4) is 0 Å². The number of hydrogen-bond donors (Lipinski definition) is 2. The van der Waals surface area contributed by atoms with Gasteiger partial charge in [0.2, 0.25) is 0 Å². The second-order valence-electron chi connectivity index (χ2n) is 11.5. The van der Waals surface area contributed by atoms with Gasteiger partial charge in [0.15, 0.2) is 0 Å². The van der Waals surface area contributed by atoms with E-state index >= 15 is 0 Å².